The van der Waals surface area contributed by atoms with E-state index in [9.17, 15) is 13.6 Å². The molecule has 0 saturated heterocycles. The molecule has 1 heterocycles. The second kappa shape index (κ2) is 6.99. The van der Waals surface area contributed by atoms with Crippen molar-refractivity contribution >= 4 is 11.7 Å². The van der Waals surface area contributed by atoms with E-state index >= 15 is 0 Å². The van der Waals surface area contributed by atoms with Crippen LogP contribution in [0.3, 0.4) is 0 Å². The van der Waals surface area contributed by atoms with Crippen LogP contribution >= 0.6 is 0 Å². The summed E-state index contributed by atoms with van der Waals surface area (Å²) in [5.74, 6) is -1.68. The van der Waals surface area contributed by atoms with Gasteiger partial charge in [0.2, 0.25) is 17.7 Å². The number of carbonyl (C=O) groups is 1. The van der Waals surface area contributed by atoms with Crippen molar-refractivity contribution in [2.75, 3.05) is 11.9 Å². The molecule has 2 aliphatic rings. The summed E-state index contributed by atoms with van der Waals surface area (Å²) in [7, 11) is 0. The summed E-state index contributed by atoms with van der Waals surface area (Å²) in [6, 6.07) is 3.33. The normalized spacial score (nSPS) is 22.0. The molecule has 24 heavy (non-hydrogen) atoms. The summed E-state index contributed by atoms with van der Waals surface area (Å²) in [5.41, 5.74) is 0. The monoisotopic (exact) mass is 339 g/mol. The number of hydrogen-bond acceptors (Lipinski definition) is 4. The highest BCUT2D eigenvalue weighted by atomic mass is 19.3. The minimum Gasteiger partial charge on any atom is -0.476 e. The summed E-state index contributed by atoms with van der Waals surface area (Å²) >= 11 is 0. The van der Waals surface area contributed by atoms with E-state index in [-0.39, 0.29) is 30.6 Å². The maximum Gasteiger partial charge on any atom is 0.248 e. The van der Waals surface area contributed by atoms with Crippen LogP contribution < -0.4 is 10.1 Å². The van der Waals surface area contributed by atoms with Gasteiger partial charge in [-0.15, -0.1) is 10.2 Å². The SMILES string of the molecule is C[C@@H](C(=O)Nc1ccc(OCC2CC2)nn1)C1CCC(F)(F)CC1. The Hall–Kier alpha value is -1.79. The molecule has 0 bridgehead atoms. The summed E-state index contributed by atoms with van der Waals surface area (Å²) in [4.78, 5) is 12.3. The zero-order chi connectivity index (χ0) is 17.2. The Balaban J connectivity index is 1.48. The van der Waals surface area contributed by atoms with Gasteiger partial charge >= 0.3 is 0 Å². The minimum absolute atomic E-state index is 0.0151. The predicted octanol–water partition coefficient (Wildman–Crippen LogP) is 3.67. The summed E-state index contributed by atoms with van der Waals surface area (Å²) in [5, 5.41) is 10.6. The molecule has 0 aliphatic heterocycles. The van der Waals surface area contributed by atoms with Gasteiger partial charge in [0.15, 0.2) is 5.82 Å². The van der Waals surface area contributed by atoms with Crippen molar-refractivity contribution < 1.29 is 18.3 Å². The lowest BCUT2D eigenvalue weighted by molar-refractivity contribution is -0.123. The molecule has 0 unspecified atom stereocenters. The third-order valence-electron chi connectivity index (χ3n) is 4.94. The molecule has 7 heteroatoms. The lowest BCUT2D eigenvalue weighted by Crippen LogP contribution is -2.33. The van der Waals surface area contributed by atoms with Gasteiger partial charge < -0.3 is 10.1 Å². The quantitative estimate of drug-likeness (QED) is 0.859. The number of halogens is 2. The molecule has 1 aromatic heterocycles. The second-order valence-electron chi connectivity index (χ2n) is 6.98. The number of nitrogens with one attached hydrogen (secondary N) is 1. The number of alkyl halides is 2. The minimum atomic E-state index is -2.57. The molecule has 3 rings (SSSR count). The first-order valence-corrected chi connectivity index (χ1v) is 8.58. The van der Waals surface area contributed by atoms with Crippen molar-refractivity contribution in [2.45, 2.75) is 51.4 Å². The Bertz CT molecular complexity index is 566. The molecule has 132 valence electrons. The van der Waals surface area contributed by atoms with Crippen molar-refractivity contribution in [3.05, 3.63) is 12.1 Å². The van der Waals surface area contributed by atoms with Crippen LogP contribution in [0, 0.1) is 17.8 Å². The molecule has 0 spiro atoms. The zero-order valence-corrected chi connectivity index (χ0v) is 13.8. The molecule has 2 fully saturated rings. The smallest absolute Gasteiger partial charge is 0.248 e. The third-order valence-corrected chi connectivity index (χ3v) is 4.94. The van der Waals surface area contributed by atoms with Gasteiger partial charge in [-0.05, 0) is 43.6 Å². The molecule has 1 amide bonds. The van der Waals surface area contributed by atoms with E-state index in [1.807, 2.05) is 0 Å². The zero-order valence-electron chi connectivity index (χ0n) is 13.8. The summed E-state index contributed by atoms with van der Waals surface area (Å²) in [6.07, 6.45) is 2.88. The van der Waals surface area contributed by atoms with Gasteiger partial charge in [-0.25, -0.2) is 8.78 Å². The Morgan fingerprint density at radius 1 is 1.29 bits per heavy atom. The fraction of sp³-hybridized carbons (Fsp3) is 0.706. The van der Waals surface area contributed by atoms with Crippen LogP contribution in [0.1, 0.15) is 45.4 Å². The van der Waals surface area contributed by atoms with E-state index in [1.165, 1.54) is 12.8 Å². The van der Waals surface area contributed by atoms with E-state index in [0.29, 0.717) is 37.1 Å². The van der Waals surface area contributed by atoms with Crippen molar-refractivity contribution in [3.8, 4) is 5.88 Å². The van der Waals surface area contributed by atoms with Gasteiger partial charge in [0.1, 0.15) is 0 Å². The highest BCUT2D eigenvalue weighted by molar-refractivity contribution is 5.91. The number of amides is 1. The Labute approximate surface area is 140 Å². The number of hydrogen-bond donors (Lipinski definition) is 1. The first-order valence-electron chi connectivity index (χ1n) is 8.58. The number of anilines is 1. The molecule has 1 atom stereocenters. The molecule has 1 N–H and O–H groups in total. The van der Waals surface area contributed by atoms with Crippen LogP contribution in [0.4, 0.5) is 14.6 Å². The van der Waals surface area contributed by atoms with E-state index < -0.39 is 5.92 Å². The Kier molecular flexibility index (Phi) is 4.96. The highest BCUT2D eigenvalue weighted by Gasteiger charge is 2.38. The lowest BCUT2D eigenvalue weighted by Gasteiger charge is -2.31. The molecular weight excluding hydrogens is 316 g/mol. The maximum atomic E-state index is 13.2. The fourth-order valence-corrected chi connectivity index (χ4v) is 2.97. The Morgan fingerprint density at radius 2 is 2.00 bits per heavy atom. The van der Waals surface area contributed by atoms with Crippen LogP contribution in [0.2, 0.25) is 0 Å². The Morgan fingerprint density at radius 3 is 2.58 bits per heavy atom. The predicted molar refractivity (Wildman–Crippen MR) is 84.9 cm³/mol. The number of nitrogens with zero attached hydrogens (tertiary/aromatic N) is 2. The van der Waals surface area contributed by atoms with Crippen molar-refractivity contribution in [2.24, 2.45) is 17.8 Å². The first-order chi connectivity index (χ1) is 11.4. The van der Waals surface area contributed by atoms with Gasteiger partial charge in [-0.1, -0.05) is 6.92 Å². The standard InChI is InChI=1S/C17H23F2N3O2/c1-11(13-6-8-17(18,19)9-7-13)16(23)20-14-4-5-15(22-21-14)24-10-12-2-3-12/h4-5,11-13H,2-3,6-10H2,1H3,(H,20,21,23)/t11-/m1/s1. The molecule has 0 radical (unpaired) electrons. The van der Waals surface area contributed by atoms with Gasteiger partial charge in [0.05, 0.1) is 6.61 Å². The van der Waals surface area contributed by atoms with E-state index in [4.69, 9.17) is 4.74 Å². The molecule has 2 aliphatic carbocycles. The van der Waals surface area contributed by atoms with Gasteiger partial charge in [0, 0.05) is 24.8 Å². The fourth-order valence-electron chi connectivity index (χ4n) is 2.97. The number of carbonyl (C=O) groups excluding carboxylic acids is 1. The molecule has 0 aromatic carbocycles. The van der Waals surface area contributed by atoms with Crippen molar-refractivity contribution in [1.82, 2.24) is 10.2 Å². The first kappa shape index (κ1) is 17.0. The van der Waals surface area contributed by atoms with E-state index in [0.717, 1.165) is 0 Å². The number of rotatable bonds is 6. The van der Waals surface area contributed by atoms with Crippen LogP contribution in [-0.4, -0.2) is 28.6 Å². The third kappa shape index (κ3) is 4.61. The van der Waals surface area contributed by atoms with Crippen LogP contribution in [0.25, 0.3) is 0 Å². The summed E-state index contributed by atoms with van der Waals surface area (Å²) in [6.45, 7) is 2.44. The number of aromatic nitrogens is 2. The van der Waals surface area contributed by atoms with Crippen molar-refractivity contribution in [3.63, 3.8) is 0 Å². The largest absolute Gasteiger partial charge is 0.476 e. The van der Waals surface area contributed by atoms with E-state index in [1.54, 1.807) is 19.1 Å². The van der Waals surface area contributed by atoms with E-state index in [2.05, 4.69) is 15.5 Å². The lowest BCUT2D eigenvalue weighted by atomic mass is 9.79. The van der Waals surface area contributed by atoms with Gasteiger partial charge in [0.25, 0.3) is 0 Å². The van der Waals surface area contributed by atoms with Crippen LogP contribution in [0.15, 0.2) is 12.1 Å². The molecule has 5 nitrogen and oxygen atoms in total. The average molecular weight is 339 g/mol. The number of ether oxygens (including phenoxy) is 1. The molecule has 1 aromatic rings. The highest BCUT2D eigenvalue weighted by Crippen LogP contribution is 2.39. The van der Waals surface area contributed by atoms with Gasteiger partial charge in [-0.3, -0.25) is 4.79 Å². The average Bonchev–Trinajstić information content (AvgIpc) is 3.38. The van der Waals surface area contributed by atoms with Crippen molar-refractivity contribution in [1.29, 1.82) is 0 Å². The van der Waals surface area contributed by atoms with Crippen LogP contribution in [0.5, 0.6) is 5.88 Å². The van der Waals surface area contributed by atoms with Gasteiger partial charge in [-0.2, -0.15) is 0 Å². The molecular formula is C17H23F2N3O2. The summed E-state index contributed by atoms with van der Waals surface area (Å²) < 4.78 is 31.9. The van der Waals surface area contributed by atoms with Crippen LogP contribution in [-0.2, 0) is 4.79 Å². The second-order valence-corrected chi connectivity index (χ2v) is 6.98. The topological polar surface area (TPSA) is 64.1 Å². The maximum absolute atomic E-state index is 13.2. The molecule has 2 saturated carbocycles.